The van der Waals surface area contributed by atoms with E-state index >= 15 is 0 Å². The predicted octanol–water partition coefficient (Wildman–Crippen LogP) is 3.52. The Balaban J connectivity index is 1.63. The molecule has 2 heterocycles. The van der Waals surface area contributed by atoms with E-state index in [2.05, 4.69) is 23.6 Å². The van der Waals surface area contributed by atoms with Gasteiger partial charge in [0, 0.05) is 31.7 Å². The largest absolute Gasteiger partial charge is 0.298 e. The Morgan fingerprint density at radius 1 is 1.05 bits per heavy atom. The fraction of sp³-hybridized carbons (Fsp3) is 1.00. The Morgan fingerprint density at radius 3 is 2.58 bits per heavy atom. The minimum absolute atomic E-state index is 0.672. The second kappa shape index (κ2) is 5.73. The van der Waals surface area contributed by atoms with Crippen LogP contribution in [-0.2, 0) is 0 Å². The Kier molecular flexibility index (Phi) is 4.19. The normalized spacial score (nSPS) is 36.3. The van der Waals surface area contributed by atoms with Crippen molar-refractivity contribution in [2.24, 2.45) is 5.41 Å². The van der Waals surface area contributed by atoms with Gasteiger partial charge in [0.15, 0.2) is 0 Å². The molecule has 2 heteroatoms. The standard InChI is InChI=1S/C17H32N2/c1-3-17(9-5-6-10-17)14-19-13-16-8-4-7-11-18(16)12-15(19)2/h15-16H,3-14H2,1-2H3. The summed E-state index contributed by atoms with van der Waals surface area (Å²) >= 11 is 0. The Bertz CT molecular complexity index is 296. The lowest BCUT2D eigenvalue weighted by atomic mass is 9.82. The molecule has 0 spiro atoms. The van der Waals surface area contributed by atoms with Crippen molar-refractivity contribution in [3.63, 3.8) is 0 Å². The van der Waals surface area contributed by atoms with Crippen LogP contribution in [0.4, 0.5) is 0 Å². The van der Waals surface area contributed by atoms with Crippen LogP contribution in [-0.4, -0.2) is 48.1 Å². The molecule has 3 rings (SSSR count). The van der Waals surface area contributed by atoms with E-state index in [-0.39, 0.29) is 0 Å². The van der Waals surface area contributed by atoms with Gasteiger partial charge in [-0.25, -0.2) is 0 Å². The summed E-state index contributed by atoms with van der Waals surface area (Å²) in [6, 6.07) is 1.65. The van der Waals surface area contributed by atoms with E-state index in [1.165, 1.54) is 77.5 Å². The summed E-state index contributed by atoms with van der Waals surface area (Å²) in [5, 5.41) is 0. The lowest BCUT2D eigenvalue weighted by molar-refractivity contribution is -0.00724. The molecule has 2 nitrogen and oxygen atoms in total. The van der Waals surface area contributed by atoms with Gasteiger partial charge in [0.05, 0.1) is 0 Å². The summed E-state index contributed by atoms with van der Waals surface area (Å²) in [5.74, 6) is 0. The van der Waals surface area contributed by atoms with Crippen LogP contribution in [0.1, 0.15) is 65.2 Å². The highest BCUT2D eigenvalue weighted by Crippen LogP contribution is 2.42. The summed E-state index contributed by atoms with van der Waals surface area (Å²) in [6.07, 6.45) is 11.7. The summed E-state index contributed by atoms with van der Waals surface area (Å²) in [5.41, 5.74) is 0.672. The fourth-order valence-electron chi connectivity index (χ4n) is 4.81. The highest BCUT2D eigenvalue weighted by Gasteiger charge is 2.39. The number of hydrogen-bond acceptors (Lipinski definition) is 2. The van der Waals surface area contributed by atoms with Crippen molar-refractivity contribution in [3.8, 4) is 0 Å². The third kappa shape index (κ3) is 2.85. The number of piperazine rings is 1. The molecule has 0 N–H and O–H groups in total. The summed E-state index contributed by atoms with van der Waals surface area (Å²) in [4.78, 5) is 5.62. The molecule has 1 aliphatic carbocycles. The van der Waals surface area contributed by atoms with E-state index in [0.717, 1.165) is 12.1 Å². The van der Waals surface area contributed by atoms with Gasteiger partial charge in [-0.15, -0.1) is 0 Å². The number of nitrogens with zero attached hydrogens (tertiary/aromatic N) is 2. The first-order valence-electron chi connectivity index (χ1n) is 8.70. The van der Waals surface area contributed by atoms with E-state index < -0.39 is 0 Å². The lowest BCUT2D eigenvalue weighted by Crippen LogP contribution is -2.60. The molecular formula is C17H32N2. The van der Waals surface area contributed by atoms with Gasteiger partial charge in [-0.05, 0) is 51.0 Å². The number of rotatable bonds is 3. The van der Waals surface area contributed by atoms with Crippen molar-refractivity contribution in [1.29, 1.82) is 0 Å². The summed E-state index contributed by atoms with van der Waals surface area (Å²) < 4.78 is 0. The van der Waals surface area contributed by atoms with Crippen molar-refractivity contribution >= 4 is 0 Å². The second-order valence-electron chi connectivity index (χ2n) is 7.48. The molecule has 3 aliphatic rings. The van der Waals surface area contributed by atoms with E-state index in [1.807, 2.05) is 0 Å². The quantitative estimate of drug-likeness (QED) is 0.769. The molecule has 0 radical (unpaired) electrons. The van der Waals surface area contributed by atoms with Gasteiger partial charge in [-0.3, -0.25) is 9.80 Å². The average molecular weight is 264 g/mol. The Labute approximate surface area is 119 Å². The lowest BCUT2D eigenvalue weighted by Gasteiger charge is -2.49. The zero-order valence-corrected chi connectivity index (χ0v) is 13.0. The second-order valence-corrected chi connectivity index (χ2v) is 7.48. The molecule has 0 amide bonds. The SMILES string of the molecule is CCC1(CN2CC3CCCCN3CC2C)CCCC1. The molecule has 0 aromatic carbocycles. The Morgan fingerprint density at radius 2 is 1.84 bits per heavy atom. The van der Waals surface area contributed by atoms with E-state index in [0.29, 0.717) is 5.41 Å². The first-order valence-corrected chi connectivity index (χ1v) is 8.70. The molecule has 2 aliphatic heterocycles. The maximum Gasteiger partial charge on any atom is 0.0223 e. The molecule has 3 fully saturated rings. The van der Waals surface area contributed by atoms with Crippen molar-refractivity contribution < 1.29 is 0 Å². The number of hydrogen-bond donors (Lipinski definition) is 0. The predicted molar refractivity (Wildman–Crippen MR) is 81.4 cm³/mol. The van der Waals surface area contributed by atoms with Crippen molar-refractivity contribution in [3.05, 3.63) is 0 Å². The van der Waals surface area contributed by atoms with Gasteiger partial charge in [0.1, 0.15) is 0 Å². The minimum Gasteiger partial charge on any atom is -0.298 e. The molecule has 1 saturated carbocycles. The zero-order chi connectivity index (χ0) is 13.3. The maximum atomic E-state index is 2.85. The Hall–Kier alpha value is -0.0800. The van der Waals surface area contributed by atoms with Crippen LogP contribution in [0.2, 0.25) is 0 Å². The zero-order valence-electron chi connectivity index (χ0n) is 13.0. The van der Waals surface area contributed by atoms with Crippen molar-refractivity contribution in [2.45, 2.75) is 77.3 Å². The van der Waals surface area contributed by atoms with Crippen LogP contribution in [0.5, 0.6) is 0 Å². The van der Waals surface area contributed by atoms with Gasteiger partial charge < -0.3 is 0 Å². The van der Waals surface area contributed by atoms with Crippen molar-refractivity contribution in [1.82, 2.24) is 9.80 Å². The monoisotopic (exact) mass is 264 g/mol. The first-order chi connectivity index (χ1) is 9.22. The van der Waals surface area contributed by atoms with Crippen LogP contribution in [0, 0.1) is 5.41 Å². The van der Waals surface area contributed by atoms with Gasteiger partial charge >= 0.3 is 0 Å². The molecule has 0 bridgehead atoms. The van der Waals surface area contributed by atoms with Crippen LogP contribution in [0.3, 0.4) is 0 Å². The van der Waals surface area contributed by atoms with Crippen LogP contribution in [0.25, 0.3) is 0 Å². The molecular weight excluding hydrogens is 232 g/mol. The number of piperidine rings is 1. The third-order valence-corrected chi connectivity index (χ3v) is 6.27. The van der Waals surface area contributed by atoms with Gasteiger partial charge in [-0.1, -0.05) is 26.2 Å². The van der Waals surface area contributed by atoms with E-state index in [9.17, 15) is 0 Å². The molecule has 19 heavy (non-hydrogen) atoms. The minimum atomic E-state index is 0.672. The summed E-state index contributed by atoms with van der Waals surface area (Å²) in [7, 11) is 0. The van der Waals surface area contributed by atoms with Crippen LogP contribution < -0.4 is 0 Å². The highest BCUT2D eigenvalue weighted by molar-refractivity contribution is 4.93. The molecule has 2 saturated heterocycles. The molecule has 0 aromatic heterocycles. The van der Waals surface area contributed by atoms with E-state index in [4.69, 9.17) is 0 Å². The van der Waals surface area contributed by atoms with Gasteiger partial charge in [-0.2, -0.15) is 0 Å². The maximum absolute atomic E-state index is 2.85. The molecule has 2 atom stereocenters. The van der Waals surface area contributed by atoms with Crippen LogP contribution >= 0.6 is 0 Å². The molecule has 0 aromatic rings. The number of fused-ring (bicyclic) bond motifs is 1. The molecule has 110 valence electrons. The van der Waals surface area contributed by atoms with Gasteiger partial charge in [0.25, 0.3) is 0 Å². The first kappa shape index (κ1) is 13.9. The fourth-order valence-corrected chi connectivity index (χ4v) is 4.81. The summed E-state index contributed by atoms with van der Waals surface area (Å²) in [6.45, 7) is 10.3. The van der Waals surface area contributed by atoms with E-state index in [1.54, 1.807) is 0 Å². The van der Waals surface area contributed by atoms with Crippen molar-refractivity contribution in [2.75, 3.05) is 26.2 Å². The third-order valence-electron chi connectivity index (χ3n) is 6.27. The van der Waals surface area contributed by atoms with Crippen LogP contribution in [0.15, 0.2) is 0 Å². The topological polar surface area (TPSA) is 6.48 Å². The molecule has 2 unspecified atom stereocenters. The average Bonchev–Trinajstić information content (AvgIpc) is 2.89. The smallest absolute Gasteiger partial charge is 0.0223 e. The highest BCUT2D eigenvalue weighted by atomic mass is 15.3. The van der Waals surface area contributed by atoms with Gasteiger partial charge in [0.2, 0.25) is 0 Å².